The summed E-state index contributed by atoms with van der Waals surface area (Å²) in [5.74, 6) is 2.03. The van der Waals surface area contributed by atoms with Gasteiger partial charge in [-0.3, -0.25) is 4.79 Å². The molecule has 2 fully saturated rings. The smallest absolute Gasteiger partial charge is 0.222 e. The van der Waals surface area contributed by atoms with Crippen LogP contribution in [0.1, 0.15) is 52.9 Å². The second kappa shape index (κ2) is 6.05. The van der Waals surface area contributed by atoms with Crippen molar-refractivity contribution in [1.29, 1.82) is 0 Å². The van der Waals surface area contributed by atoms with Crippen molar-refractivity contribution < 1.29 is 4.79 Å². The molecular weight excluding hydrogens is 224 g/mol. The van der Waals surface area contributed by atoms with E-state index >= 15 is 0 Å². The van der Waals surface area contributed by atoms with Gasteiger partial charge in [0, 0.05) is 31.6 Å². The summed E-state index contributed by atoms with van der Waals surface area (Å²) in [5.41, 5.74) is 0. The van der Waals surface area contributed by atoms with Crippen molar-refractivity contribution in [2.24, 2.45) is 11.8 Å². The zero-order valence-electron chi connectivity index (χ0n) is 12.1. The average molecular weight is 252 g/mol. The highest BCUT2D eigenvalue weighted by Crippen LogP contribution is 2.30. The number of carbonyl (C=O) groups is 1. The van der Waals surface area contributed by atoms with Crippen molar-refractivity contribution in [3.63, 3.8) is 0 Å². The highest BCUT2D eigenvalue weighted by atomic mass is 16.2. The third kappa shape index (κ3) is 3.25. The Bertz CT molecular complexity index is 292. The van der Waals surface area contributed by atoms with E-state index in [9.17, 15) is 4.79 Å². The van der Waals surface area contributed by atoms with Gasteiger partial charge in [0.1, 0.15) is 0 Å². The number of hydrogen-bond donors (Lipinski definition) is 1. The Morgan fingerprint density at radius 2 is 1.94 bits per heavy atom. The summed E-state index contributed by atoms with van der Waals surface area (Å²) >= 11 is 0. The van der Waals surface area contributed by atoms with Crippen molar-refractivity contribution in [1.82, 2.24) is 10.2 Å². The van der Waals surface area contributed by atoms with Crippen LogP contribution < -0.4 is 5.32 Å². The minimum absolute atomic E-state index is 0.310. The van der Waals surface area contributed by atoms with E-state index in [1.165, 1.54) is 19.3 Å². The third-order valence-corrected chi connectivity index (χ3v) is 4.91. The van der Waals surface area contributed by atoms with Gasteiger partial charge in [-0.1, -0.05) is 20.8 Å². The Morgan fingerprint density at radius 1 is 1.17 bits per heavy atom. The fraction of sp³-hybridized carbons (Fsp3) is 0.933. The maximum atomic E-state index is 11.6. The molecule has 1 amide bonds. The van der Waals surface area contributed by atoms with E-state index < -0.39 is 0 Å². The maximum absolute atomic E-state index is 11.6. The number of likely N-dealkylation sites (tertiary alicyclic amines) is 1. The van der Waals surface area contributed by atoms with E-state index in [-0.39, 0.29) is 0 Å². The Hall–Kier alpha value is -0.570. The molecule has 3 heteroatoms. The number of rotatable bonds is 3. The lowest BCUT2D eigenvalue weighted by molar-refractivity contribution is -0.129. The molecule has 1 aliphatic heterocycles. The van der Waals surface area contributed by atoms with Gasteiger partial charge in [0.15, 0.2) is 0 Å². The molecule has 0 aromatic rings. The lowest BCUT2D eigenvalue weighted by atomic mass is 9.79. The van der Waals surface area contributed by atoms with Crippen LogP contribution in [0.15, 0.2) is 0 Å². The van der Waals surface area contributed by atoms with E-state index in [1.54, 1.807) is 0 Å². The predicted octanol–water partition coefficient (Wildman–Crippen LogP) is 2.41. The molecule has 0 aromatic heterocycles. The van der Waals surface area contributed by atoms with E-state index in [2.05, 4.69) is 19.2 Å². The molecular formula is C15H28N2O. The number of hydrogen-bond acceptors (Lipinski definition) is 2. The number of carbonyl (C=O) groups excluding carboxylic acids is 1. The first-order valence-electron chi connectivity index (χ1n) is 7.64. The minimum Gasteiger partial charge on any atom is -0.341 e. The third-order valence-electron chi connectivity index (χ3n) is 4.91. The summed E-state index contributed by atoms with van der Waals surface area (Å²) in [6.45, 7) is 8.57. The largest absolute Gasteiger partial charge is 0.341 e. The number of amides is 1. The Kier molecular flexibility index (Phi) is 4.66. The molecule has 0 spiro atoms. The second-order valence-electron chi connectivity index (χ2n) is 6.31. The molecule has 4 atom stereocenters. The van der Waals surface area contributed by atoms with Gasteiger partial charge < -0.3 is 10.2 Å². The first-order chi connectivity index (χ1) is 8.60. The number of nitrogens with zero attached hydrogens (tertiary/aromatic N) is 1. The molecule has 1 heterocycles. The normalized spacial score (nSPS) is 36.9. The van der Waals surface area contributed by atoms with Crippen molar-refractivity contribution in [3.05, 3.63) is 0 Å². The lowest BCUT2D eigenvalue weighted by Gasteiger charge is -2.34. The molecule has 2 aliphatic rings. The van der Waals surface area contributed by atoms with Crippen LogP contribution in [0.25, 0.3) is 0 Å². The van der Waals surface area contributed by atoms with Crippen molar-refractivity contribution in [3.8, 4) is 0 Å². The highest BCUT2D eigenvalue weighted by Gasteiger charge is 2.30. The second-order valence-corrected chi connectivity index (χ2v) is 6.31. The lowest BCUT2D eigenvalue weighted by Crippen LogP contribution is -2.44. The summed E-state index contributed by atoms with van der Waals surface area (Å²) in [6, 6.07) is 1.21. The molecule has 2 rings (SSSR count). The van der Waals surface area contributed by atoms with Crippen LogP contribution >= 0.6 is 0 Å². The SMILES string of the molecule is CCC(=O)N1CC[C@H](N[C@@H]2CC[C@H](C)[C@H](C)C2)C1. The molecule has 1 saturated carbocycles. The monoisotopic (exact) mass is 252 g/mol. The highest BCUT2D eigenvalue weighted by molar-refractivity contribution is 5.76. The standard InChI is InChI=1S/C15H28N2O/c1-4-15(18)17-8-7-14(10-17)16-13-6-5-11(2)12(3)9-13/h11-14,16H,4-10H2,1-3H3/t11-,12+,13+,14-/m0/s1. The summed E-state index contributed by atoms with van der Waals surface area (Å²) in [7, 11) is 0. The first-order valence-corrected chi connectivity index (χ1v) is 7.64. The quantitative estimate of drug-likeness (QED) is 0.836. The Labute approximate surface area is 111 Å². The maximum Gasteiger partial charge on any atom is 0.222 e. The van der Waals surface area contributed by atoms with Crippen LogP contribution in [0, 0.1) is 11.8 Å². The predicted molar refractivity (Wildman–Crippen MR) is 74.4 cm³/mol. The van der Waals surface area contributed by atoms with Crippen LogP contribution in [0.3, 0.4) is 0 Å². The van der Waals surface area contributed by atoms with E-state index in [0.717, 1.165) is 31.3 Å². The molecule has 1 saturated heterocycles. The fourth-order valence-electron chi connectivity index (χ4n) is 3.38. The molecule has 3 nitrogen and oxygen atoms in total. The minimum atomic E-state index is 0.310. The Morgan fingerprint density at radius 3 is 2.61 bits per heavy atom. The van der Waals surface area contributed by atoms with Gasteiger partial charge in [-0.25, -0.2) is 0 Å². The molecule has 1 N–H and O–H groups in total. The van der Waals surface area contributed by atoms with Gasteiger partial charge in [-0.15, -0.1) is 0 Å². The first kappa shape index (κ1) is 13.9. The zero-order chi connectivity index (χ0) is 13.1. The van der Waals surface area contributed by atoms with Crippen LogP contribution in [0.5, 0.6) is 0 Å². The van der Waals surface area contributed by atoms with Crippen molar-refractivity contribution >= 4 is 5.91 Å². The topological polar surface area (TPSA) is 32.3 Å². The van der Waals surface area contributed by atoms with Crippen LogP contribution in [0.4, 0.5) is 0 Å². The van der Waals surface area contributed by atoms with E-state index in [1.807, 2.05) is 11.8 Å². The van der Waals surface area contributed by atoms with Gasteiger partial charge >= 0.3 is 0 Å². The molecule has 1 aliphatic carbocycles. The van der Waals surface area contributed by atoms with Crippen LogP contribution in [0.2, 0.25) is 0 Å². The molecule has 0 radical (unpaired) electrons. The summed E-state index contributed by atoms with van der Waals surface area (Å²) in [4.78, 5) is 13.7. The van der Waals surface area contributed by atoms with Gasteiger partial charge in [-0.2, -0.15) is 0 Å². The van der Waals surface area contributed by atoms with Crippen LogP contribution in [-0.2, 0) is 4.79 Å². The molecule has 104 valence electrons. The average Bonchev–Trinajstić information content (AvgIpc) is 2.81. The summed E-state index contributed by atoms with van der Waals surface area (Å²) in [5, 5.41) is 3.78. The number of nitrogens with one attached hydrogen (secondary N) is 1. The van der Waals surface area contributed by atoms with Crippen molar-refractivity contribution in [2.45, 2.75) is 65.0 Å². The van der Waals surface area contributed by atoms with Gasteiger partial charge in [0.05, 0.1) is 0 Å². The van der Waals surface area contributed by atoms with Crippen molar-refractivity contribution in [2.75, 3.05) is 13.1 Å². The van der Waals surface area contributed by atoms with Gasteiger partial charge in [-0.05, 0) is 37.5 Å². The van der Waals surface area contributed by atoms with E-state index in [0.29, 0.717) is 24.4 Å². The molecule has 0 bridgehead atoms. The summed E-state index contributed by atoms with van der Waals surface area (Å²) in [6.07, 6.45) is 5.74. The van der Waals surface area contributed by atoms with Gasteiger partial charge in [0.2, 0.25) is 5.91 Å². The summed E-state index contributed by atoms with van der Waals surface area (Å²) < 4.78 is 0. The van der Waals surface area contributed by atoms with Gasteiger partial charge in [0.25, 0.3) is 0 Å². The fourth-order valence-corrected chi connectivity index (χ4v) is 3.38. The van der Waals surface area contributed by atoms with E-state index in [4.69, 9.17) is 0 Å². The Balaban J connectivity index is 1.76. The molecule has 18 heavy (non-hydrogen) atoms. The van der Waals surface area contributed by atoms with Crippen LogP contribution in [-0.4, -0.2) is 36.0 Å². The molecule has 0 unspecified atom stereocenters. The molecule has 0 aromatic carbocycles. The zero-order valence-corrected chi connectivity index (χ0v) is 12.1.